The highest BCUT2D eigenvalue weighted by Gasteiger charge is 2.40. The van der Waals surface area contributed by atoms with Gasteiger partial charge in [0.15, 0.2) is 5.78 Å². The highest BCUT2D eigenvalue weighted by atomic mass is 16.5. The summed E-state index contributed by atoms with van der Waals surface area (Å²) in [6, 6.07) is 5.15. The lowest BCUT2D eigenvalue weighted by Crippen LogP contribution is -2.52. The largest absolute Gasteiger partial charge is 0.535 e. The highest BCUT2D eigenvalue weighted by Crippen LogP contribution is 2.39. The standard InChI is InChI=1S/C27H41BN4O6/c1-18(33)25-8-2-5-20-16-21(28(37)38-26(20)25)17-24(35)15-19-13-22(14-19)32(27(36)31-11-10-30)12-4-7-23(34)6-3-9-29/h2,5,8,19,21-22,37H,3-4,6-7,9-17,29-30H2,1H3,(H,31,36)/t19?,21-,22?/m1/s1. The number of ketones is 3. The minimum absolute atomic E-state index is 0.0187. The van der Waals surface area contributed by atoms with E-state index in [2.05, 4.69) is 5.32 Å². The second-order valence-electron chi connectivity index (χ2n) is 10.5. The van der Waals surface area contributed by atoms with Crippen molar-refractivity contribution in [3.63, 3.8) is 0 Å². The van der Waals surface area contributed by atoms with Crippen LogP contribution in [-0.2, 0) is 16.0 Å². The quantitative estimate of drug-likeness (QED) is 0.198. The fraction of sp³-hybridized carbons (Fsp3) is 0.630. The lowest BCUT2D eigenvalue weighted by Gasteiger charge is -2.43. The van der Waals surface area contributed by atoms with Gasteiger partial charge in [0, 0.05) is 57.2 Å². The number of nitrogens with two attached hydrogens (primary N) is 2. The first-order valence-electron chi connectivity index (χ1n) is 13.7. The van der Waals surface area contributed by atoms with E-state index in [1.165, 1.54) is 6.92 Å². The molecule has 0 unspecified atom stereocenters. The van der Waals surface area contributed by atoms with Crippen molar-refractivity contribution in [2.45, 2.75) is 76.6 Å². The number of rotatable bonds is 15. The minimum atomic E-state index is -1.14. The van der Waals surface area contributed by atoms with Gasteiger partial charge in [-0.3, -0.25) is 14.4 Å². The Morgan fingerprint density at radius 1 is 1.08 bits per heavy atom. The van der Waals surface area contributed by atoms with Crippen LogP contribution in [0.2, 0.25) is 5.82 Å². The van der Waals surface area contributed by atoms with Crippen LogP contribution in [0.15, 0.2) is 18.2 Å². The smallest absolute Gasteiger partial charge is 0.526 e. The van der Waals surface area contributed by atoms with Crippen molar-refractivity contribution in [3.8, 4) is 5.75 Å². The molecule has 1 heterocycles. The zero-order chi connectivity index (χ0) is 27.7. The van der Waals surface area contributed by atoms with Gasteiger partial charge in [-0.25, -0.2) is 4.79 Å². The van der Waals surface area contributed by atoms with Crippen LogP contribution in [0.3, 0.4) is 0 Å². The van der Waals surface area contributed by atoms with Gasteiger partial charge in [-0.05, 0) is 63.1 Å². The third-order valence-corrected chi connectivity index (χ3v) is 7.45. The molecule has 0 saturated heterocycles. The Hall–Kier alpha value is -2.76. The molecular formula is C27H41BN4O6. The Morgan fingerprint density at radius 3 is 2.50 bits per heavy atom. The monoisotopic (exact) mass is 528 g/mol. The fourth-order valence-electron chi connectivity index (χ4n) is 5.36. The van der Waals surface area contributed by atoms with E-state index < -0.39 is 7.12 Å². The molecular weight excluding hydrogens is 487 g/mol. The third-order valence-electron chi connectivity index (χ3n) is 7.45. The summed E-state index contributed by atoms with van der Waals surface area (Å²) in [7, 11) is -1.14. The second-order valence-corrected chi connectivity index (χ2v) is 10.5. The van der Waals surface area contributed by atoms with Gasteiger partial charge in [-0.15, -0.1) is 0 Å². The number of carbonyl (C=O) groups excluding carboxylic acids is 4. The van der Waals surface area contributed by atoms with Crippen LogP contribution in [0.1, 0.15) is 74.2 Å². The Kier molecular flexibility index (Phi) is 11.3. The van der Waals surface area contributed by atoms with Crippen molar-refractivity contribution in [2.75, 3.05) is 26.2 Å². The van der Waals surface area contributed by atoms with Gasteiger partial charge < -0.3 is 31.4 Å². The van der Waals surface area contributed by atoms with E-state index in [1.54, 1.807) is 17.0 Å². The number of para-hydroxylation sites is 1. The molecule has 1 fully saturated rings. The first-order chi connectivity index (χ1) is 18.2. The molecule has 1 atom stereocenters. The summed E-state index contributed by atoms with van der Waals surface area (Å²) < 4.78 is 5.66. The summed E-state index contributed by atoms with van der Waals surface area (Å²) in [5.74, 6) is 0.283. The lowest BCUT2D eigenvalue weighted by molar-refractivity contribution is -0.121. The Morgan fingerprint density at radius 2 is 1.82 bits per heavy atom. The van der Waals surface area contributed by atoms with E-state index in [0.29, 0.717) is 76.0 Å². The predicted molar refractivity (Wildman–Crippen MR) is 145 cm³/mol. The molecule has 2 amide bonds. The molecule has 0 bridgehead atoms. The van der Waals surface area contributed by atoms with Gasteiger partial charge in [-0.1, -0.05) is 12.1 Å². The molecule has 1 aliphatic carbocycles. The summed E-state index contributed by atoms with van der Waals surface area (Å²) in [6.45, 7) is 3.14. The number of carbonyl (C=O) groups is 4. The molecule has 2 aliphatic rings. The highest BCUT2D eigenvalue weighted by molar-refractivity contribution is 6.47. The number of fused-ring (bicyclic) bond motifs is 1. The molecule has 6 N–H and O–H groups in total. The zero-order valence-corrected chi connectivity index (χ0v) is 22.3. The molecule has 11 heteroatoms. The molecule has 208 valence electrons. The third kappa shape index (κ3) is 8.12. The maximum absolute atomic E-state index is 12.9. The van der Waals surface area contributed by atoms with Gasteiger partial charge in [0.25, 0.3) is 0 Å². The summed E-state index contributed by atoms with van der Waals surface area (Å²) in [6.07, 6.45) is 4.63. The van der Waals surface area contributed by atoms with Gasteiger partial charge in [0.2, 0.25) is 0 Å². The van der Waals surface area contributed by atoms with Crippen molar-refractivity contribution in [2.24, 2.45) is 17.4 Å². The van der Waals surface area contributed by atoms with Crippen molar-refractivity contribution < 1.29 is 28.9 Å². The van der Waals surface area contributed by atoms with Crippen LogP contribution in [0.5, 0.6) is 5.75 Å². The van der Waals surface area contributed by atoms with Crippen LogP contribution >= 0.6 is 0 Å². The SMILES string of the molecule is CC(=O)c1cccc2c1OB(O)[C@@H](CC(=O)CC1CC(N(CCCC(=O)CCCN)C(=O)NCCN)C1)C2. The van der Waals surface area contributed by atoms with Crippen molar-refractivity contribution in [1.29, 1.82) is 0 Å². The van der Waals surface area contributed by atoms with Gasteiger partial charge in [0.05, 0.1) is 5.56 Å². The van der Waals surface area contributed by atoms with E-state index in [4.69, 9.17) is 16.1 Å². The molecule has 0 aromatic heterocycles. The Bertz CT molecular complexity index is 1000. The first-order valence-corrected chi connectivity index (χ1v) is 13.7. The average Bonchev–Trinajstić information content (AvgIpc) is 2.86. The second kappa shape index (κ2) is 14.4. The normalized spacial score (nSPS) is 20.1. The van der Waals surface area contributed by atoms with E-state index in [9.17, 15) is 24.2 Å². The van der Waals surface area contributed by atoms with Crippen molar-refractivity contribution >= 4 is 30.5 Å². The Balaban J connectivity index is 1.48. The van der Waals surface area contributed by atoms with E-state index in [1.807, 2.05) is 6.07 Å². The summed E-state index contributed by atoms with van der Waals surface area (Å²) in [5, 5.41) is 13.3. The number of benzene rings is 1. The average molecular weight is 528 g/mol. The summed E-state index contributed by atoms with van der Waals surface area (Å²) in [4.78, 5) is 51.2. The fourth-order valence-corrected chi connectivity index (χ4v) is 5.36. The van der Waals surface area contributed by atoms with Crippen LogP contribution in [0.25, 0.3) is 0 Å². The molecule has 1 saturated carbocycles. The first kappa shape index (κ1) is 29.8. The van der Waals surface area contributed by atoms with Gasteiger partial charge in [-0.2, -0.15) is 0 Å². The lowest BCUT2D eigenvalue weighted by atomic mass is 9.63. The number of Topliss-reactive ketones (excluding diaryl/α,β-unsaturated/α-hetero) is 3. The number of hydrogen-bond donors (Lipinski definition) is 4. The van der Waals surface area contributed by atoms with E-state index >= 15 is 0 Å². The van der Waals surface area contributed by atoms with Gasteiger partial charge in [0.1, 0.15) is 17.3 Å². The van der Waals surface area contributed by atoms with Crippen LogP contribution < -0.4 is 21.4 Å². The van der Waals surface area contributed by atoms with Crippen molar-refractivity contribution in [1.82, 2.24) is 10.2 Å². The maximum Gasteiger partial charge on any atom is 0.526 e. The summed E-state index contributed by atoms with van der Waals surface area (Å²) in [5.41, 5.74) is 12.3. The number of hydrogen-bond acceptors (Lipinski definition) is 8. The number of nitrogens with one attached hydrogen (secondary N) is 1. The topological polar surface area (TPSA) is 165 Å². The molecule has 10 nitrogen and oxygen atoms in total. The molecule has 3 rings (SSSR count). The van der Waals surface area contributed by atoms with Gasteiger partial charge >= 0.3 is 13.1 Å². The van der Waals surface area contributed by atoms with Crippen LogP contribution in [-0.4, -0.2) is 72.6 Å². The molecule has 1 aromatic carbocycles. The zero-order valence-electron chi connectivity index (χ0n) is 22.3. The molecule has 38 heavy (non-hydrogen) atoms. The number of amides is 2. The predicted octanol–water partition coefficient (Wildman–Crippen LogP) is 1.86. The van der Waals surface area contributed by atoms with Crippen molar-refractivity contribution in [3.05, 3.63) is 29.3 Å². The Labute approximate surface area is 225 Å². The van der Waals surface area contributed by atoms with Crippen LogP contribution in [0.4, 0.5) is 4.79 Å². The molecule has 1 aliphatic heterocycles. The molecule has 0 spiro atoms. The van der Waals surface area contributed by atoms with E-state index in [-0.39, 0.29) is 47.6 Å². The van der Waals surface area contributed by atoms with Crippen LogP contribution in [0, 0.1) is 5.92 Å². The number of nitrogens with zero attached hydrogens (tertiary/aromatic N) is 1. The summed E-state index contributed by atoms with van der Waals surface area (Å²) >= 11 is 0. The van der Waals surface area contributed by atoms with E-state index in [0.717, 1.165) is 18.4 Å². The number of urea groups is 1. The molecule has 1 aromatic rings. The maximum atomic E-state index is 12.9. The minimum Gasteiger partial charge on any atom is -0.535 e. The molecule has 0 radical (unpaired) electrons.